The lowest BCUT2D eigenvalue weighted by molar-refractivity contribution is -0.146. The zero-order chi connectivity index (χ0) is 19.8. The molecule has 2 aromatic carbocycles. The van der Waals surface area contributed by atoms with Gasteiger partial charge in [0.1, 0.15) is 6.61 Å². The lowest BCUT2D eigenvalue weighted by Gasteiger charge is -2.23. The Morgan fingerprint density at radius 2 is 1.44 bits per heavy atom. The largest absolute Gasteiger partial charge is 0.461 e. The number of carbonyl (C=O) groups is 3. The molecular weight excluding hydrogens is 346 g/mol. The molecule has 3 atom stereocenters. The Morgan fingerprint density at radius 1 is 0.889 bits per heavy atom. The van der Waals surface area contributed by atoms with Crippen molar-refractivity contribution in [2.24, 2.45) is 17.2 Å². The van der Waals surface area contributed by atoms with Gasteiger partial charge in [-0.15, -0.1) is 0 Å². The number of benzene rings is 2. The van der Waals surface area contributed by atoms with E-state index in [-0.39, 0.29) is 13.0 Å². The highest BCUT2D eigenvalue weighted by atomic mass is 16.5. The number of ketones is 1. The van der Waals surface area contributed by atoms with Gasteiger partial charge in [-0.1, -0.05) is 60.7 Å². The molecule has 142 valence electrons. The Labute approximate surface area is 157 Å². The SMILES string of the molecule is NC(=O)[C@@H](N)C(C(=O)[C@@H](N)CC(=O)OCc1ccccc1)c1ccccc1. The summed E-state index contributed by atoms with van der Waals surface area (Å²) in [7, 11) is 0. The lowest BCUT2D eigenvalue weighted by Crippen LogP contribution is -2.49. The Hall–Kier alpha value is -3.03. The van der Waals surface area contributed by atoms with Crippen molar-refractivity contribution < 1.29 is 19.1 Å². The lowest BCUT2D eigenvalue weighted by atomic mass is 9.84. The van der Waals surface area contributed by atoms with Crippen LogP contribution in [0.25, 0.3) is 0 Å². The summed E-state index contributed by atoms with van der Waals surface area (Å²) in [5.41, 5.74) is 18.4. The van der Waals surface area contributed by atoms with E-state index >= 15 is 0 Å². The number of Topliss-reactive ketones (excluding diaryl/α,β-unsaturated/α-hetero) is 1. The van der Waals surface area contributed by atoms with Crippen LogP contribution >= 0.6 is 0 Å². The van der Waals surface area contributed by atoms with Crippen LogP contribution in [0.4, 0.5) is 0 Å². The standard InChI is InChI=1S/C20H23N3O4/c21-15(11-16(24)27-12-13-7-3-1-4-8-13)19(25)17(18(22)20(23)26)14-9-5-2-6-10-14/h1-10,15,17-18H,11-12,21-22H2,(H2,23,26)/t15-,17?,18-/m0/s1. The van der Waals surface area contributed by atoms with Crippen molar-refractivity contribution in [2.75, 3.05) is 0 Å². The first-order chi connectivity index (χ1) is 12.9. The smallest absolute Gasteiger partial charge is 0.308 e. The Kier molecular flexibility index (Phi) is 7.22. The molecule has 2 rings (SSSR count). The molecule has 0 saturated heterocycles. The molecule has 7 nitrogen and oxygen atoms in total. The number of primary amides is 1. The maximum Gasteiger partial charge on any atom is 0.308 e. The number of hydrogen-bond donors (Lipinski definition) is 3. The number of rotatable bonds is 9. The summed E-state index contributed by atoms with van der Waals surface area (Å²) in [5.74, 6) is -3.00. The van der Waals surface area contributed by atoms with Gasteiger partial charge in [-0.05, 0) is 11.1 Å². The highest BCUT2D eigenvalue weighted by Gasteiger charge is 2.34. The third kappa shape index (κ3) is 5.73. The Balaban J connectivity index is 2.03. The van der Waals surface area contributed by atoms with Gasteiger partial charge in [-0.3, -0.25) is 14.4 Å². The fraction of sp³-hybridized carbons (Fsp3) is 0.250. The summed E-state index contributed by atoms with van der Waals surface area (Å²) < 4.78 is 5.15. The van der Waals surface area contributed by atoms with E-state index in [0.717, 1.165) is 5.56 Å². The molecule has 0 fully saturated rings. The van der Waals surface area contributed by atoms with Gasteiger partial charge in [0.25, 0.3) is 0 Å². The molecule has 0 spiro atoms. The molecule has 2 aromatic rings. The van der Waals surface area contributed by atoms with Crippen molar-refractivity contribution in [3.05, 3.63) is 71.8 Å². The van der Waals surface area contributed by atoms with Crippen molar-refractivity contribution in [3.63, 3.8) is 0 Å². The summed E-state index contributed by atoms with van der Waals surface area (Å²) in [6, 6.07) is 15.2. The van der Waals surface area contributed by atoms with Crippen LogP contribution in [0.15, 0.2) is 60.7 Å². The van der Waals surface area contributed by atoms with Crippen LogP contribution in [-0.4, -0.2) is 29.7 Å². The molecule has 1 unspecified atom stereocenters. The number of amides is 1. The van der Waals surface area contributed by atoms with E-state index in [4.69, 9.17) is 21.9 Å². The summed E-state index contributed by atoms with van der Waals surface area (Å²) in [5, 5.41) is 0. The van der Waals surface area contributed by atoms with Gasteiger partial charge in [0.05, 0.1) is 24.4 Å². The average molecular weight is 369 g/mol. The second kappa shape index (κ2) is 9.61. The average Bonchev–Trinajstić information content (AvgIpc) is 2.68. The van der Waals surface area contributed by atoms with E-state index in [2.05, 4.69) is 0 Å². The maximum absolute atomic E-state index is 12.8. The summed E-state index contributed by atoms with van der Waals surface area (Å²) in [4.78, 5) is 36.3. The molecule has 0 aliphatic carbocycles. The first-order valence-corrected chi connectivity index (χ1v) is 8.49. The van der Waals surface area contributed by atoms with Crippen molar-refractivity contribution >= 4 is 17.7 Å². The van der Waals surface area contributed by atoms with Crippen LogP contribution in [0.1, 0.15) is 23.5 Å². The van der Waals surface area contributed by atoms with Crippen LogP contribution in [0.2, 0.25) is 0 Å². The van der Waals surface area contributed by atoms with Crippen LogP contribution < -0.4 is 17.2 Å². The molecule has 7 heteroatoms. The fourth-order valence-electron chi connectivity index (χ4n) is 2.68. The van der Waals surface area contributed by atoms with Crippen molar-refractivity contribution in [1.29, 1.82) is 0 Å². The fourth-order valence-corrected chi connectivity index (χ4v) is 2.68. The summed E-state index contributed by atoms with van der Waals surface area (Å²) in [6.07, 6.45) is -0.319. The summed E-state index contributed by atoms with van der Waals surface area (Å²) in [6.45, 7) is 0.0868. The van der Waals surface area contributed by atoms with Crippen LogP contribution in [0, 0.1) is 0 Å². The minimum atomic E-state index is -1.24. The molecule has 0 heterocycles. The number of nitrogens with two attached hydrogens (primary N) is 3. The molecule has 0 aromatic heterocycles. The van der Waals surface area contributed by atoms with Crippen molar-refractivity contribution in [3.8, 4) is 0 Å². The number of ether oxygens (including phenoxy) is 1. The van der Waals surface area contributed by atoms with Gasteiger partial charge in [0.15, 0.2) is 5.78 Å². The van der Waals surface area contributed by atoms with E-state index in [1.165, 1.54) is 0 Å². The Bertz CT molecular complexity index is 780. The first-order valence-electron chi connectivity index (χ1n) is 8.49. The van der Waals surface area contributed by atoms with E-state index in [1.54, 1.807) is 30.3 Å². The predicted octanol–water partition coefficient (Wildman–Crippen LogP) is 0.613. The second-order valence-corrected chi connectivity index (χ2v) is 6.18. The number of hydrogen-bond acceptors (Lipinski definition) is 6. The van der Waals surface area contributed by atoms with Crippen LogP contribution in [0.5, 0.6) is 0 Å². The quantitative estimate of drug-likeness (QED) is 0.554. The monoisotopic (exact) mass is 369 g/mol. The third-order valence-corrected chi connectivity index (χ3v) is 4.15. The van der Waals surface area contributed by atoms with Crippen LogP contribution in [0.3, 0.4) is 0 Å². The minimum absolute atomic E-state index is 0.0868. The Morgan fingerprint density at radius 3 is 2.00 bits per heavy atom. The molecule has 27 heavy (non-hydrogen) atoms. The highest BCUT2D eigenvalue weighted by molar-refractivity contribution is 5.98. The van der Waals surface area contributed by atoms with Gasteiger partial charge < -0.3 is 21.9 Å². The topological polar surface area (TPSA) is 138 Å². The van der Waals surface area contributed by atoms with E-state index < -0.39 is 35.7 Å². The molecule has 6 N–H and O–H groups in total. The third-order valence-electron chi connectivity index (χ3n) is 4.15. The summed E-state index contributed by atoms with van der Waals surface area (Å²) >= 11 is 0. The van der Waals surface area contributed by atoms with Gasteiger partial charge in [0, 0.05) is 0 Å². The highest BCUT2D eigenvalue weighted by Crippen LogP contribution is 2.22. The molecule has 0 radical (unpaired) electrons. The molecule has 0 bridgehead atoms. The van der Waals surface area contributed by atoms with E-state index in [9.17, 15) is 14.4 Å². The zero-order valence-electron chi connectivity index (χ0n) is 14.8. The first kappa shape index (κ1) is 20.3. The maximum atomic E-state index is 12.8. The zero-order valence-corrected chi connectivity index (χ0v) is 14.8. The number of carbonyl (C=O) groups excluding carboxylic acids is 3. The van der Waals surface area contributed by atoms with E-state index in [0.29, 0.717) is 5.56 Å². The minimum Gasteiger partial charge on any atom is -0.461 e. The van der Waals surface area contributed by atoms with Gasteiger partial charge in [-0.25, -0.2) is 0 Å². The second-order valence-electron chi connectivity index (χ2n) is 6.18. The van der Waals surface area contributed by atoms with Gasteiger partial charge in [0.2, 0.25) is 5.91 Å². The van der Waals surface area contributed by atoms with Crippen molar-refractivity contribution in [2.45, 2.75) is 31.0 Å². The molecule has 0 aliphatic heterocycles. The normalized spacial score (nSPS) is 14.0. The van der Waals surface area contributed by atoms with Crippen LogP contribution in [-0.2, 0) is 25.7 Å². The van der Waals surface area contributed by atoms with Gasteiger partial charge in [-0.2, -0.15) is 0 Å². The van der Waals surface area contributed by atoms with E-state index in [1.807, 2.05) is 30.3 Å². The molecule has 0 aliphatic rings. The molecule has 1 amide bonds. The number of esters is 1. The predicted molar refractivity (Wildman–Crippen MR) is 100 cm³/mol. The molecular formula is C20H23N3O4. The van der Waals surface area contributed by atoms with Gasteiger partial charge >= 0.3 is 5.97 Å². The van der Waals surface area contributed by atoms with Crippen molar-refractivity contribution in [1.82, 2.24) is 0 Å². The molecule has 0 saturated carbocycles.